The van der Waals surface area contributed by atoms with Crippen molar-refractivity contribution in [3.05, 3.63) is 71.3 Å². The molecule has 0 amide bonds. The molecule has 2 aromatic carbocycles. The third-order valence-corrected chi connectivity index (χ3v) is 7.04. The van der Waals surface area contributed by atoms with E-state index in [4.69, 9.17) is 4.74 Å². The lowest BCUT2D eigenvalue weighted by atomic mass is 10.0. The molecule has 1 saturated carbocycles. The Labute approximate surface area is 194 Å². The summed E-state index contributed by atoms with van der Waals surface area (Å²) in [5, 5.41) is 12.8. The van der Waals surface area contributed by atoms with E-state index in [2.05, 4.69) is 37.5 Å². The van der Waals surface area contributed by atoms with E-state index in [0.717, 1.165) is 54.9 Å². The van der Waals surface area contributed by atoms with E-state index < -0.39 is 0 Å². The predicted octanol–water partition coefficient (Wildman–Crippen LogP) is 3.52. The highest BCUT2D eigenvalue weighted by Crippen LogP contribution is 2.31. The van der Waals surface area contributed by atoms with Gasteiger partial charge in [0.05, 0.1) is 19.7 Å². The summed E-state index contributed by atoms with van der Waals surface area (Å²) in [6.07, 6.45) is 5.38. The van der Waals surface area contributed by atoms with Crippen molar-refractivity contribution >= 4 is 0 Å². The molecule has 2 heterocycles. The molecule has 1 aromatic heterocycles. The van der Waals surface area contributed by atoms with Crippen molar-refractivity contribution in [1.82, 2.24) is 30.0 Å². The number of nitrogens with zero attached hydrogens (tertiary/aromatic N) is 6. The molecule has 8 heteroatoms. The quantitative estimate of drug-likeness (QED) is 0.549. The van der Waals surface area contributed by atoms with E-state index in [1.807, 2.05) is 16.8 Å². The van der Waals surface area contributed by atoms with E-state index in [9.17, 15) is 4.39 Å². The van der Waals surface area contributed by atoms with Crippen LogP contribution in [0.1, 0.15) is 48.7 Å². The van der Waals surface area contributed by atoms with Crippen LogP contribution < -0.4 is 4.74 Å². The second-order valence-electron chi connectivity index (χ2n) is 9.01. The molecule has 0 unspecified atom stereocenters. The normalized spacial score (nSPS) is 19.1. The maximum atomic E-state index is 13.4. The molecular formula is C25H31FN6O. The molecule has 5 rings (SSSR count). The SMILES string of the molecule is COc1ccc([C@H](c2nnnn2Cc2ccc(F)cc2)N2CCN(C3CCCC3)CC2)cc1. The van der Waals surface area contributed by atoms with Crippen LogP contribution in [0.3, 0.4) is 0 Å². The molecule has 174 valence electrons. The van der Waals surface area contributed by atoms with E-state index in [1.165, 1.54) is 37.8 Å². The van der Waals surface area contributed by atoms with Gasteiger partial charge in [0, 0.05) is 32.2 Å². The van der Waals surface area contributed by atoms with Crippen LogP contribution in [0.5, 0.6) is 5.75 Å². The van der Waals surface area contributed by atoms with Crippen LogP contribution in [0.15, 0.2) is 48.5 Å². The number of piperazine rings is 1. The van der Waals surface area contributed by atoms with Crippen molar-refractivity contribution in [2.24, 2.45) is 0 Å². The molecule has 1 atom stereocenters. The van der Waals surface area contributed by atoms with Crippen molar-refractivity contribution < 1.29 is 9.13 Å². The summed E-state index contributed by atoms with van der Waals surface area (Å²) in [7, 11) is 1.68. The first-order valence-electron chi connectivity index (χ1n) is 11.8. The molecule has 2 fully saturated rings. The summed E-state index contributed by atoms with van der Waals surface area (Å²) in [5.41, 5.74) is 2.10. The third kappa shape index (κ3) is 4.91. The van der Waals surface area contributed by atoms with Gasteiger partial charge < -0.3 is 4.74 Å². The number of halogens is 1. The van der Waals surface area contributed by atoms with Gasteiger partial charge in [-0.05, 0) is 58.7 Å². The summed E-state index contributed by atoms with van der Waals surface area (Å²) in [6, 6.07) is 15.4. The first kappa shape index (κ1) is 22.0. The average molecular weight is 451 g/mol. The Morgan fingerprint density at radius 1 is 0.970 bits per heavy atom. The van der Waals surface area contributed by atoms with E-state index in [1.54, 1.807) is 19.2 Å². The lowest BCUT2D eigenvalue weighted by Gasteiger charge is -2.41. The summed E-state index contributed by atoms with van der Waals surface area (Å²) < 4.78 is 20.6. The minimum atomic E-state index is -0.244. The molecule has 0 spiro atoms. The van der Waals surface area contributed by atoms with Gasteiger partial charge in [-0.3, -0.25) is 9.80 Å². The molecule has 0 bridgehead atoms. The Bertz CT molecular complexity index is 1020. The number of hydrogen-bond acceptors (Lipinski definition) is 6. The van der Waals surface area contributed by atoms with E-state index >= 15 is 0 Å². The number of rotatable bonds is 7. The van der Waals surface area contributed by atoms with Gasteiger partial charge in [-0.1, -0.05) is 37.1 Å². The molecule has 1 saturated heterocycles. The maximum Gasteiger partial charge on any atom is 0.173 e. The minimum absolute atomic E-state index is 0.0583. The summed E-state index contributed by atoms with van der Waals surface area (Å²) in [6.45, 7) is 4.57. The molecular weight excluding hydrogens is 419 g/mol. The van der Waals surface area contributed by atoms with Gasteiger partial charge in [0.15, 0.2) is 5.82 Å². The number of benzene rings is 2. The molecule has 7 nitrogen and oxygen atoms in total. The zero-order chi connectivity index (χ0) is 22.6. The molecule has 1 aliphatic carbocycles. The fourth-order valence-corrected chi connectivity index (χ4v) is 5.22. The average Bonchev–Trinajstić information content (AvgIpc) is 3.55. The van der Waals surface area contributed by atoms with Crippen molar-refractivity contribution in [2.45, 2.75) is 44.3 Å². The number of hydrogen-bond donors (Lipinski definition) is 0. The van der Waals surface area contributed by atoms with Gasteiger partial charge in [0.25, 0.3) is 0 Å². The summed E-state index contributed by atoms with van der Waals surface area (Å²) in [4.78, 5) is 5.15. The Morgan fingerprint density at radius 3 is 2.33 bits per heavy atom. The van der Waals surface area contributed by atoms with Crippen molar-refractivity contribution in [2.75, 3.05) is 33.3 Å². The molecule has 0 radical (unpaired) electrons. The van der Waals surface area contributed by atoms with Gasteiger partial charge >= 0.3 is 0 Å². The largest absolute Gasteiger partial charge is 0.497 e. The standard InChI is InChI=1S/C25H31FN6O/c1-33-23-12-8-20(9-13-23)24(31-16-14-30(15-17-31)22-4-2-3-5-22)25-27-28-29-32(25)18-19-6-10-21(26)11-7-19/h6-13,22,24H,2-5,14-18H2,1H3/t24-/m1/s1. The monoisotopic (exact) mass is 450 g/mol. The maximum absolute atomic E-state index is 13.4. The fourth-order valence-electron chi connectivity index (χ4n) is 5.22. The molecule has 2 aliphatic rings. The van der Waals surface area contributed by atoms with Gasteiger partial charge in [-0.2, -0.15) is 0 Å². The third-order valence-electron chi connectivity index (χ3n) is 7.04. The van der Waals surface area contributed by atoms with Crippen LogP contribution >= 0.6 is 0 Å². The van der Waals surface area contributed by atoms with E-state index in [-0.39, 0.29) is 11.9 Å². The number of tetrazole rings is 1. The van der Waals surface area contributed by atoms with Crippen LogP contribution in [-0.2, 0) is 6.54 Å². The molecule has 33 heavy (non-hydrogen) atoms. The first-order chi connectivity index (χ1) is 16.2. The number of methoxy groups -OCH3 is 1. The molecule has 0 N–H and O–H groups in total. The van der Waals surface area contributed by atoms with Gasteiger partial charge in [-0.15, -0.1) is 5.10 Å². The van der Waals surface area contributed by atoms with Crippen LogP contribution in [-0.4, -0.2) is 69.3 Å². The van der Waals surface area contributed by atoms with Crippen molar-refractivity contribution in [1.29, 1.82) is 0 Å². The highest BCUT2D eigenvalue weighted by Gasteiger charge is 2.33. The highest BCUT2D eigenvalue weighted by atomic mass is 19.1. The highest BCUT2D eigenvalue weighted by molar-refractivity contribution is 5.32. The Balaban J connectivity index is 1.41. The number of aromatic nitrogens is 4. The van der Waals surface area contributed by atoms with Crippen molar-refractivity contribution in [3.8, 4) is 5.75 Å². The Morgan fingerprint density at radius 2 is 1.67 bits per heavy atom. The van der Waals surface area contributed by atoms with Crippen LogP contribution in [0.4, 0.5) is 4.39 Å². The van der Waals surface area contributed by atoms with Crippen LogP contribution in [0.2, 0.25) is 0 Å². The van der Waals surface area contributed by atoms with Gasteiger partial charge in [-0.25, -0.2) is 9.07 Å². The Hall–Kier alpha value is -2.84. The Kier molecular flexibility index (Phi) is 6.64. The zero-order valence-electron chi connectivity index (χ0n) is 19.1. The second kappa shape index (κ2) is 9.97. The van der Waals surface area contributed by atoms with Crippen LogP contribution in [0, 0.1) is 5.82 Å². The smallest absolute Gasteiger partial charge is 0.173 e. The predicted molar refractivity (Wildman–Crippen MR) is 124 cm³/mol. The van der Waals surface area contributed by atoms with Crippen LogP contribution in [0.25, 0.3) is 0 Å². The lowest BCUT2D eigenvalue weighted by Crippen LogP contribution is -2.51. The van der Waals surface area contributed by atoms with Gasteiger partial charge in [0.1, 0.15) is 11.6 Å². The fraction of sp³-hybridized carbons (Fsp3) is 0.480. The zero-order valence-corrected chi connectivity index (χ0v) is 19.1. The number of ether oxygens (including phenoxy) is 1. The van der Waals surface area contributed by atoms with Gasteiger partial charge in [0.2, 0.25) is 0 Å². The topological polar surface area (TPSA) is 59.3 Å². The minimum Gasteiger partial charge on any atom is -0.497 e. The lowest BCUT2D eigenvalue weighted by molar-refractivity contribution is 0.0771. The molecule has 1 aliphatic heterocycles. The first-order valence-corrected chi connectivity index (χ1v) is 11.8. The van der Waals surface area contributed by atoms with E-state index in [0.29, 0.717) is 6.54 Å². The van der Waals surface area contributed by atoms with Crippen molar-refractivity contribution in [3.63, 3.8) is 0 Å². The summed E-state index contributed by atoms with van der Waals surface area (Å²) >= 11 is 0. The second-order valence-corrected chi connectivity index (χ2v) is 9.01. The molecule has 3 aromatic rings. The summed E-state index contributed by atoms with van der Waals surface area (Å²) in [5.74, 6) is 1.39.